The molecule has 0 heterocycles. The number of primary amides is 1. The number of nitrogens with two attached hydrogens (primary N) is 1. The minimum absolute atomic E-state index is 0.0751. The summed E-state index contributed by atoms with van der Waals surface area (Å²) in [5, 5.41) is 2.40. The van der Waals surface area contributed by atoms with Crippen molar-refractivity contribution in [2.24, 2.45) is 5.73 Å². The minimum atomic E-state index is -1.33. The van der Waals surface area contributed by atoms with E-state index < -0.39 is 29.0 Å². The molecule has 0 aliphatic heterocycles. The van der Waals surface area contributed by atoms with Crippen molar-refractivity contribution in [2.75, 3.05) is 5.32 Å². The highest BCUT2D eigenvalue weighted by Gasteiger charge is 2.22. The number of halogens is 3. The fraction of sp³-hybridized carbons (Fsp3) is 0.211. The van der Waals surface area contributed by atoms with E-state index in [2.05, 4.69) is 17.2 Å². The van der Waals surface area contributed by atoms with Gasteiger partial charge in [0.05, 0.1) is 16.9 Å². The van der Waals surface area contributed by atoms with Crippen LogP contribution < -0.4 is 11.1 Å². The second kappa shape index (κ2) is 8.78. The fourth-order valence-corrected chi connectivity index (χ4v) is 2.09. The Morgan fingerprint density at radius 1 is 1.12 bits per heavy atom. The van der Waals surface area contributed by atoms with Crippen molar-refractivity contribution in [1.82, 2.24) is 0 Å². The monoisotopic (exact) mass is 348 g/mol. The molecule has 3 nitrogen and oxygen atoms in total. The Hall–Kier alpha value is -2.94. The predicted octanol–water partition coefficient (Wildman–Crippen LogP) is 4.65. The van der Waals surface area contributed by atoms with E-state index in [0.717, 1.165) is 6.07 Å². The normalized spacial score (nSPS) is 9.40. The minimum Gasteiger partial charge on any atom is -0.365 e. The Morgan fingerprint density at radius 3 is 2.28 bits per heavy atom. The summed E-state index contributed by atoms with van der Waals surface area (Å²) < 4.78 is 41.8. The first-order chi connectivity index (χ1) is 11.8. The van der Waals surface area contributed by atoms with Crippen LogP contribution in [0.1, 0.15) is 42.3 Å². The first-order valence-corrected chi connectivity index (χ1v) is 7.63. The molecule has 0 aliphatic rings. The molecule has 0 saturated heterocycles. The number of rotatable bonds is 3. The van der Waals surface area contributed by atoms with E-state index in [-0.39, 0.29) is 16.8 Å². The Kier molecular flexibility index (Phi) is 7.06. The number of nitrogens with one attached hydrogen (secondary N) is 1. The summed E-state index contributed by atoms with van der Waals surface area (Å²) in [5.74, 6) is 0.742. The molecule has 2 aromatic carbocycles. The van der Waals surface area contributed by atoms with Crippen LogP contribution in [-0.2, 0) is 0 Å². The molecule has 0 atom stereocenters. The summed E-state index contributed by atoms with van der Waals surface area (Å²) in [6, 6.07) is 4.93. The summed E-state index contributed by atoms with van der Waals surface area (Å²) in [6.07, 6.45) is 0. The van der Waals surface area contributed by atoms with Crippen LogP contribution in [0.3, 0.4) is 0 Å². The summed E-state index contributed by atoms with van der Waals surface area (Å²) in [7, 11) is 0. The van der Waals surface area contributed by atoms with Gasteiger partial charge in [-0.25, -0.2) is 13.2 Å². The van der Waals surface area contributed by atoms with Crippen molar-refractivity contribution in [3.63, 3.8) is 0 Å². The van der Waals surface area contributed by atoms with Crippen LogP contribution in [0.25, 0.3) is 0 Å². The van der Waals surface area contributed by atoms with Gasteiger partial charge in [0.15, 0.2) is 11.6 Å². The molecule has 0 radical (unpaired) electrons. The van der Waals surface area contributed by atoms with Crippen LogP contribution >= 0.6 is 0 Å². The lowest BCUT2D eigenvalue weighted by Crippen LogP contribution is -2.17. The molecule has 2 aromatic rings. The average molecular weight is 348 g/mol. The summed E-state index contributed by atoms with van der Waals surface area (Å²) >= 11 is 0. The second-order valence-corrected chi connectivity index (χ2v) is 4.82. The first kappa shape index (κ1) is 20.1. The molecule has 0 fully saturated rings. The summed E-state index contributed by atoms with van der Waals surface area (Å²) in [6.45, 7) is 7.15. The number of amides is 1. The molecule has 1 amide bonds. The number of hydrogen-bond acceptors (Lipinski definition) is 2. The maximum absolute atomic E-state index is 14.1. The molecular formula is C19H19F3N2O. The molecule has 0 unspecified atom stereocenters. The number of aryl methyl sites for hydroxylation is 1. The zero-order valence-corrected chi connectivity index (χ0v) is 14.4. The van der Waals surface area contributed by atoms with Crippen LogP contribution in [0.5, 0.6) is 0 Å². The molecule has 6 heteroatoms. The van der Waals surface area contributed by atoms with Crippen LogP contribution in [0.15, 0.2) is 24.3 Å². The van der Waals surface area contributed by atoms with E-state index >= 15 is 0 Å². The highest BCUT2D eigenvalue weighted by atomic mass is 19.2. The summed E-state index contributed by atoms with van der Waals surface area (Å²) in [4.78, 5) is 11.6. The van der Waals surface area contributed by atoms with E-state index in [1.165, 1.54) is 19.1 Å². The first-order valence-electron chi connectivity index (χ1n) is 7.63. The van der Waals surface area contributed by atoms with Crippen molar-refractivity contribution < 1.29 is 18.0 Å². The van der Waals surface area contributed by atoms with Crippen LogP contribution in [0.4, 0.5) is 24.5 Å². The molecule has 0 saturated carbocycles. The molecule has 0 aromatic heterocycles. The lowest BCUT2D eigenvalue weighted by molar-refractivity contribution is 0.100. The van der Waals surface area contributed by atoms with Gasteiger partial charge in [-0.1, -0.05) is 25.8 Å². The zero-order valence-electron chi connectivity index (χ0n) is 14.4. The van der Waals surface area contributed by atoms with Gasteiger partial charge in [0, 0.05) is 5.56 Å². The SMILES string of the molecule is CC.CC#Cc1cc(F)c(F)c(Nc2ccc(C)cc2F)c1C(N)=O. The van der Waals surface area contributed by atoms with E-state index in [0.29, 0.717) is 5.56 Å². The maximum Gasteiger partial charge on any atom is 0.252 e. The average Bonchev–Trinajstić information content (AvgIpc) is 2.56. The molecule has 0 bridgehead atoms. The largest absolute Gasteiger partial charge is 0.365 e. The van der Waals surface area contributed by atoms with E-state index in [4.69, 9.17) is 5.73 Å². The van der Waals surface area contributed by atoms with Crippen LogP contribution in [0.2, 0.25) is 0 Å². The number of hydrogen-bond donors (Lipinski definition) is 2. The summed E-state index contributed by atoms with van der Waals surface area (Å²) in [5.41, 5.74) is 4.84. The quantitative estimate of drug-likeness (QED) is 0.793. The molecule has 3 N–H and O–H groups in total. The number of anilines is 2. The Morgan fingerprint density at radius 2 is 1.76 bits per heavy atom. The Balaban J connectivity index is 0.00000151. The molecule has 0 aliphatic carbocycles. The van der Waals surface area contributed by atoms with Crippen LogP contribution in [0, 0.1) is 36.2 Å². The smallest absolute Gasteiger partial charge is 0.252 e. The molecule has 25 heavy (non-hydrogen) atoms. The lowest BCUT2D eigenvalue weighted by atomic mass is 10.0. The van der Waals surface area contributed by atoms with Crippen molar-refractivity contribution in [1.29, 1.82) is 0 Å². The van der Waals surface area contributed by atoms with E-state index in [1.54, 1.807) is 13.0 Å². The van der Waals surface area contributed by atoms with Crippen LogP contribution in [-0.4, -0.2) is 5.91 Å². The van der Waals surface area contributed by atoms with Gasteiger partial charge < -0.3 is 11.1 Å². The van der Waals surface area contributed by atoms with E-state index in [1.807, 2.05) is 13.8 Å². The van der Waals surface area contributed by atoms with Crippen molar-refractivity contribution in [3.8, 4) is 11.8 Å². The van der Waals surface area contributed by atoms with Gasteiger partial charge in [-0.05, 0) is 37.6 Å². The third-order valence-corrected chi connectivity index (χ3v) is 3.11. The molecular weight excluding hydrogens is 329 g/mol. The van der Waals surface area contributed by atoms with Gasteiger partial charge in [0.1, 0.15) is 5.82 Å². The van der Waals surface area contributed by atoms with Gasteiger partial charge in [0.25, 0.3) is 5.91 Å². The molecule has 0 spiro atoms. The highest BCUT2D eigenvalue weighted by molar-refractivity contribution is 6.02. The van der Waals surface area contributed by atoms with Gasteiger partial charge in [-0.3, -0.25) is 4.79 Å². The topological polar surface area (TPSA) is 55.1 Å². The van der Waals surface area contributed by atoms with Crippen molar-refractivity contribution in [2.45, 2.75) is 27.7 Å². The molecule has 132 valence electrons. The third-order valence-electron chi connectivity index (χ3n) is 3.11. The fourth-order valence-electron chi connectivity index (χ4n) is 2.09. The van der Waals surface area contributed by atoms with Gasteiger partial charge >= 0.3 is 0 Å². The Labute approximate surface area is 145 Å². The highest BCUT2D eigenvalue weighted by Crippen LogP contribution is 2.30. The van der Waals surface area contributed by atoms with Gasteiger partial charge in [-0.2, -0.15) is 0 Å². The molecule has 2 rings (SSSR count). The number of benzene rings is 2. The maximum atomic E-state index is 14.1. The lowest BCUT2D eigenvalue weighted by Gasteiger charge is -2.14. The standard InChI is InChI=1S/C17H13F3N2O.C2H6/c1-3-4-10-8-12(19)15(20)16(14(10)17(21)23)22-13-6-5-9(2)7-11(13)18;1-2/h5-8,22H,1-2H3,(H2,21,23);1-2H3. The van der Waals surface area contributed by atoms with Gasteiger partial charge in [-0.15, -0.1) is 5.92 Å². The number of carbonyl (C=O) groups is 1. The number of carbonyl (C=O) groups excluding carboxylic acids is 1. The van der Waals surface area contributed by atoms with E-state index in [9.17, 15) is 18.0 Å². The van der Waals surface area contributed by atoms with Crippen molar-refractivity contribution >= 4 is 17.3 Å². The zero-order chi connectivity index (χ0) is 19.1. The second-order valence-electron chi connectivity index (χ2n) is 4.82. The Bertz CT molecular complexity index is 852. The van der Waals surface area contributed by atoms with Gasteiger partial charge in [0.2, 0.25) is 0 Å². The third kappa shape index (κ3) is 4.54. The predicted molar refractivity (Wildman–Crippen MR) is 93.2 cm³/mol. The van der Waals surface area contributed by atoms with Crippen molar-refractivity contribution in [3.05, 3.63) is 58.4 Å².